The van der Waals surface area contributed by atoms with Crippen molar-refractivity contribution in [2.24, 2.45) is 0 Å². The van der Waals surface area contributed by atoms with Gasteiger partial charge in [-0.15, -0.1) is 0 Å². The fourth-order valence-electron chi connectivity index (χ4n) is 3.18. The number of aryl methyl sites for hydroxylation is 1. The Morgan fingerprint density at radius 2 is 1.84 bits per heavy atom. The highest BCUT2D eigenvalue weighted by Crippen LogP contribution is 2.43. The Morgan fingerprint density at radius 1 is 1.21 bits per heavy atom. The minimum Gasteiger partial charge on any atom is -0.481 e. The fourth-order valence-corrected chi connectivity index (χ4v) is 3.18. The highest BCUT2D eigenvalue weighted by molar-refractivity contribution is 5.84. The van der Waals surface area contributed by atoms with Gasteiger partial charge in [0.25, 0.3) is 0 Å². The molecule has 0 spiro atoms. The Balaban J connectivity index is 2.58. The van der Waals surface area contributed by atoms with E-state index < -0.39 is 11.4 Å². The van der Waals surface area contributed by atoms with Crippen LogP contribution in [0.15, 0.2) is 18.2 Å². The van der Waals surface area contributed by atoms with E-state index in [1.54, 1.807) is 0 Å². The molecule has 1 aliphatic rings. The molecule has 0 unspecified atom stereocenters. The van der Waals surface area contributed by atoms with E-state index in [-0.39, 0.29) is 0 Å². The van der Waals surface area contributed by atoms with E-state index in [4.69, 9.17) is 0 Å². The van der Waals surface area contributed by atoms with Crippen LogP contribution in [-0.2, 0) is 10.2 Å². The monoisotopic (exact) mass is 261 g/mol. The SMILES string of the molecule is Cc1ccc(N(C)C)c(C2(C(=O)O)CCCCC2)c1. The summed E-state index contributed by atoms with van der Waals surface area (Å²) in [5.41, 5.74) is 2.47. The van der Waals surface area contributed by atoms with Crippen LogP contribution in [0.1, 0.15) is 43.2 Å². The highest BCUT2D eigenvalue weighted by Gasteiger charge is 2.43. The highest BCUT2D eigenvalue weighted by atomic mass is 16.4. The number of anilines is 1. The molecule has 1 aromatic carbocycles. The van der Waals surface area contributed by atoms with Crippen molar-refractivity contribution < 1.29 is 9.90 Å². The van der Waals surface area contributed by atoms with Gasteiger partial charge in [-0.2, -0.15) is 0 Å². The molecule has 1 aliphatic carbocycles. The quantitative estimate of drug-likeness (QED) is 0.907. The number of hydrogen-bond acceptors (Lipinski definition) is 2. The van der Waals surface area contributed by atoms with Gasteiger partial charge < -0.3 is 10.0 Å². The summed E-state index contributed by atoms with van der Waals surface area (Å²) in [6, 6.07) is 6.16. The van der Waals surface area contributed by atoms with Crippen LogP contribution in [0.2, 0.25) is 0 Å². The van der Waals surface area contributed by atoms with E-state index >= 15 is 0 Å². The smallest absolute Gasteiger partial charge is 0.314 e. The summed E-state index contributed by atoms with van der Waals surface area (Å²) < 4.78 is 0. The van der Waals surface area contributed by atoms with Crippen molar-refractivity contribution >= 4 is 11.7 Å². The number of rotatable bonds is 3. The Labute approximate surface area is 115 Å². The van der Waals surface area contributed by atoms with Gasteiger partial charge in [0, 0.05) is 19.8 Å². The van der Waals surface area contributed by atoms with Gasteiger partial charge in [-0.1, -0.05) is 37.0 Å². The van der Waals surface area contributed by atoms with Gasteiger partial charge in [0.15, 0.2) is 0 Å². The number of nitrogens with zero attached hydrogens (tertiary/aromatic N) is 1. The summed E-state index contributed by atoms with van der Waals surface area (Å²) >= 11 is 0. The van der Waals surface area contributed by atoms with Gasteiger partial charge >= 0.3 is 5.97 Å². The number of carboxylic acid groups (broad SMARTS) is 1. The van der Waals surface area contributed by atoms with Crippen molar-refractivity contribution in [2.75, 3.05) is 19.0 Å². The molecule has 1 saturated carbocycles. The second-order valence-electron chi connectivity index (χ2n) is 5.86. The normalized spacial score (nSPS) is 18.1. The van der Waals surface area contributed by atoms with Gasteiger partial charge in [0.2, 0.25) is 0 Å². The Hall–Kier alpha value is -1.51. The maximum Gasteiger partial charge on any atom is 0.314 e. The second kappa shape index (κ2) is 5.24. The van der Waals surface area contributed by atoms with E-state index in [0.717, 1.165) is 48.9 Å². The minimum absolute atomic E-state index is 0.666. The van der Waals surface area contributed by atoms with Crippen LogP contribution in [0, 0.1) is 6.92 Å². The molecular formula is C16H23NO2. The van der Waals surface area contributed by atoms with Gasteiger partial charge in [-0.3, -0.25) is 4.79 Å². The summed E-state index contributed by atoms with van der Waals surface area (Å²) in [5.74, 6) is -0.666. The zero-order valence-corrected chi connectivity index (χ0v) is 12.1. The zero-order chi connectivity index (χ0) is 14.0. The number of hydrogen-bond donors (Lipinski definition) is 1. The van der Waals surface area contributed by atoms with Gasteiger partial charge in [0.1, 0.15) is 0 Å². The Morgan fingerprint density at radius 3 is 2.37 bits per heavy atom. The number of carbonyl (C=O) groups is 1. The summed E-state index contributed by atoms with van der Waals surface area (Å²) in [5, 5.41) is 9.82. The van der Waals surface area contributed by atoms with Crippen LogP contribution in [0.5, 0.6) is 0 Å². The lowest BCUT2D eigenvalue weighted by atomic mass is 9.68. The van der Waals surface area contributed by atoms with E-state index in [9.17, 15) is 9.90 Å². The first-order valence-corrected chi connectivity index (χ1v) is 6.99. The molecule has 0 aromatic heterocycles. The van der Waals surface area contributed by atoms with Gasteiger partial charge in [-0.05, 0) is 31.4 Å². The number of aliphatic carboxylic acids is 1. The Bertz CT molecular complexity index is 474. The molecule has 0 saturated heterocycles. The van der Waals surface area contributed by atoms with Crippen LogP contribution in [0.4, 0.5) is 5.69 Å². The molecule has 0 atom stereocenters. The molecule has 3 heteroatoms. The van der Waals surface area contributed by atoms with E-state index in [1.165, 1.54) is 0 Å². The van der Waals surface area contributed by atoms with E-state index in [0.29, 0.717) is 0 Å². The molecule has 104 valence electrons. The average Bonchev–Trinajstić information content (AvgIpc) is 2.38. The molecule has 0 heterocycles. The third-order valence-corrected chi connectivity index (χ3v) is 4.27. The predicted molar refractivity (Wildman–Crippen MR) is 77.9 cm³/mol. The van der Waals surface area contributed by atoms with Crippen molar-refractivity contribution in [3.63, 3.8) is 0 Å². The van der Waals surface area contributed by atoms with Gasteiger partial charge in [-0.25, -0.2) is 0 Å². The first-order valence-electron chi connectivity index (χ1n) is 6.99. The summed E-state index contributed by atoms with van der Waals surface area (Å²) in [7, 11) is 3.96. The standard InChI is InChI=1S/C16H23NO2/c1-12-7-8-14(17(2)3)13(11-12)16(15(18)19)9-5-4-6-10-16/h7-8,11H,4-6,9-10H2,1-3H3,(H,18,19). The topological polar surface area (TPSA) is 40.5 Å². The molecule has 19 heavy (non-hydrogen) atoms. The lowest BCUT2D eigenvalue weighted by Crippen LogP contribution is -2.39. The summed E-state index contributed by atoms with van der Waals surface area (Å²) in [6.45, 7) is 2.03. The molecule has 0 bridgehead atoms. The first-order chi connectivity index (χ1) is 8.97. The second-order valence-corrected chi connectivity index (χ2v) is 5.86. The number of carboxylic acids is 1. The molecule has 3 nitrogen and oxygen atoms in total. The molecule has 1 N–H and O–H groups in total. The third-order valence-electron chi connectivity index (χ3n) is 4.27. The third kappa shape index (κ3) is 2.46. The van der Waals surface area contributed by atoms with Crippen molar-refractivity contribution in [3.05, 3.63) is 29.3 Å². The van der Waals surface area contributed by atoms with Crippen LogP contribution in [-0.4, -0.2) is 25.2 Å². The van der Waals surface area contributed by atoms with Crippen molar-refractivity contribution in [3.8, 4) is 0 Å². The largest absolute Gasteiger partial charge is 0.481 e. The molecular weight excluding hydrogens is 238 g/mol. The van der Waals surface area contributed by atoms with Crippen LogP contribution < -0.4 is 4.90 Å². The van der Waals surface area contributed by atoms with Crippen LogP contribution in [0.3, 0.4) is 0 Å². The maximum absolute atomic E-state index is 11.9. The molecule has 1 aromatic rings. The molecule has 0 radical (unpaired) electrons. The molecule has 2 rings (SSSR count). The predicted octanol–water partition coefficient (Wildman–Crippen LogP) is 3.35. The minimum atomic E-state index is -0.691. The zero-order valence-electron chi connectivity index (χ0n) is 12.1. The summed E-state index contributed by atoms with van der Waals surface area (Å²) in [4.78, 5) is 14.0. The molecule has 1 fully saturated rings. The van der Waals surface area contributed by atoms with Crippen LogP contribution in [0.25, 0.3) is 0 Å². The lowest BCUT2D eigenvalue weighted by molar-refractivity contribution is -0.145. The average molecular weight is 261 g/mol. The van der Waals surface area contributed by atoms with Crippen molar-refractivity contribution in [1.82, 2.24) is 0 Å². The summed E-state index contributed by atoms with van der Waals surface area (Å²) in [6.07, 6.45) is 4.68. The molecule has 0 amide bonds. The van der Waals surface area contributed by atoms with Crippen molar-refractivity contribution in [2.45, 2.75) is 44.4 Å². The van der Waals surface area contributed by atoms with Crippen LogP contribution >= 0.6 is 0 Å². The number of benzene rings is 1. The first kappa shape index (κ1) is 13.9. The van der Waals surface area contributed by atoms with E-state index in [2.05, 4.69) is 12.1 Å². The van der Waals surface area contributed by atoms with Gasteiger partial charge in [0.05, 0.1) is 5.41 Å². The van der Waals surface area contributed by atoms with E-state index in [1.807, 2.05) is 32.0 Å². The fraction of sp³-hybridized carbons (Fsp3) is 0.562. The molecule has 0 aliphatic heterocycles. The van der Waals surface area contributed by atoms with Crippen molar-refractivity contribution in [1.29, 1.82) is 0 Å². The maximum atomic E-state index is 11.9. The Kier molecular flexibility index (Phi) is 3.83. The lowest BCUT2D eigenvalue weighted by Gasteiger charge is -2.36.